The lowest BCUT2D eigenvalue weighted by molar-refractivity contribution is 0.292. The van der Waals surface area contributed by atoms with E-state index in [0.717, 1.165) is 24.4 Å². The van der Waals surface area contributed by atoms with Gasteiger partial charge in [-0.25, -0.2) is 4.39 Å². The van der Waals surface area contributed by atoms with E-state index in [4.69, 9.17) is 21.1 Å². The normalized spacial score (nSPS) is 10.0. The maximum Gasteiger partial charge on any atom is 0.141 e. The van der Waals surface area contributed by atoms with E-state index in [1.165, 1.54) is 6.07 Å². The Bertz CT molecular complexity index is 582. The molecule has 0 radical (unpaired) electrons. The van der Waals surface area contributed by atoms with Gasteiger partial charge >= 0.3 is 0 Å². The van der Waals surface area contributed by atoms with Crippen LogP contribution in [0.15, 0.2) is 34.7 Å². The highest BCUT2D eigenvalue weighted by Gasteiger charge is 2.07. The van der Waals surface area contributed by atoms with Crippen molar-refractivity contribution in [2.24, 2.45) is 0 Å². The molecule has 2 aromatic rings. The molecule has 0 aliphatic carbocycles. The molecule has 0 atom stereocenters. The number of benzene rings is 1. The van der Waals surface area contributed by atoms with Crippen molar-refractivity contribution in [2.75, 3.05) is 26.2 Å². The van der Waals surface area contributed by atoms with E-state index in [9.17, 15) is 4.39 Å². The Morgan fingerprint density at radius 3 is 2.48 bits per heavy atom. The van der Waals surface area contributed by atoms with E-state index in [0.29, 0.717) is 18.8 Å². The monoisotopic (exact) mass is 384 g/mol. The number of aliphatic hydroxyl groups is 1. The Labute approximate surface area is 152 Å². The molecule has 0 spiro atoms. The molecule has 0 amide bonds. The molecule has 0 unspecified atom stereocenters. The first-order valence-electron chi connectivity index (χ1n) is 6.77. The summed E-state index contributed by atoms with van der Waals surface area (Å²) in [4.78, 5) is 0. The lowest BCUT2D eigenvalue weighted by Crippen LogP contribution is -2.28. The Morgan fingerprint density at radius 2 is 1.78 bits per heavy atom. The molecule has 0 bridgehead atoms. The maximum atomic E-state index is 13.1. The quantitative estimate of drug-likeness (QED) is 0.611. The highest BCUT2D eigenvalue weighted by Crippen LogP contribution is 2.26. The molecule has 0 saturated heterocycles. The minimum atomic E-state index is -0.441. The summed E-state index contributed by atoms with van der Waals surface area (Å²) < 4.78 is 18.8. The summed E-state index contributed by atoms with van der Waals surface area (Å²) in [6, 6.07) is 8.22. The zero-order chi connectivity index (χ0) is 15.1. The van der Waals surface area contributed by atoms with Crippen LogP contribution in [0.1, 0.15) is 5.76 Å². The molecule has 3 N–H and O–H groups in total. The minimum absolute atomic E-state index is 0. The molecule has 130 valence electrons. The average molecular weight is 386 g/mol. The van der Waals surface area contributed by atoms with Gasteiger partial charge in [-0.05, 0) is 30.3 Å². The van der Waals surface area contributed by atoms with Gasteiger partial charge in [-0.15, -0.1) is 24.8 Å². The summed E-state index contributed by atoms with van der Waals surface area (Å²) in [5.41, 5.74) is 0.747. The second-order valence-electron chi connectivity index (χ2n) is 4.55. The number of hydrogen-bond donors (Lipinski definition) is 3. The van der Waals surface area contributed by atoms with E-state index >= 15 is 0 Å². The number of aliphatic hydroxyl groups excluding tert-OH is 1. The Morgan fingerprint density at radius 1 is 1.04 bits per heavy atom. The predicted octanol–water partition coefficient (Wildman–Crippen LogP) is 3.25. The SMILES string of the molecule is Cl.Cl.OCCNCCNCc1ccc(-c2ccc(F)c(Cl)c2)o1. The van der Waals surface area contributed by atoms with Crippen LogP contribution < -0.4 is 10.6 Å². The zero-order valence-corrected chi connectivity index (χ0v) is 14.7. The molecule has 2 rings (SSSR count). The van der Waals surface area contributed by atoms with Crippen LogP contribution in [0.3, 0.4) is 0 Å². The van der Waals surface area contributed by atoms with Crippen LogP contribution in [-0.2, 0) is 6.54 Å². The van der Waals surface area contributed by atoms with Gasteiger partial charge < -0.3 is 20.2 Å². The lowest BCUT2D eigenvalue weighted by atomic mass is 10.2. The standard InChI is InChI=1S/C15H18ClFN2O2.2ClH/c16-13-9-11(1-3-14(13)17)15-4-2-12(21-15)10-19-6-5-18-7-8-20;;/h1-4,9,18-20H,5-8,10H2;2*1H. The van der Waals surface area contributed by atoms with Crippen molar-refractivity contribution < 1.29 is 13.9 Å². The van der Waals surface area contributed by atoms with Crippen LogP contribution >= 0.6 is 36.4 Å². The van der Waals surface area contributed by atoms with Crippen molar-refractivity contribution in [1.29, 1.82) is 0 Å². The molecular weight excluding hydrogens is 366 g/mol. The molecule has 23 heavy (non-hydrogen) atoms. The fourth-order valence-corrected chi connectivity index (χ4v) is 2.05. The van der Waals surface area contributed by atoms with E-state index in [1.807, 2.05) is 12.1 Å². The first-order valence-corrected chi connectivity index (χ1v) is 7.15. The van der Waals surface area contributed by atoms with Gasteiger partial charge in [0.2, 0.25) is 0 Å². The zero-order valence-electron chi connectivity index (χ0n) is 12.4. The van der Waals surface area contributed by atoms with E-state index in [-0.39, 0.29) is 36.4 Å². The Hall–Kier alpha value is -0.820. The van der Waals surface area contributed by atoms with E-state index in [2.05, 4.69) is 10.6 Å². The third kappa shape index (κ3) is 7.08. The number of halogens is 4. The predicted molar refractivity (Wildman–Crippen MR) is 95.3 cm³/mol. The van der Waals surface area contributed by atoms with Crippen molar-refractivity contribution in [3.8, 4) is 11.3 Å². The Kier molecular flexibility index (Phi) is 11.3. The average Bonchev–Trinajstić information content (AvgIpc) is 2.94. The van der Waals surface area contributed by atoms with Gasteiger partial charge in [-0.3, -0.25) is 0 Å². The van der Waals surface area contributed by atoms with Crippen LogP contribution in [0.4, 0.5) is 4.39 Å². The smallest absolute Gasteiger partial charge is 0.141 e. The molecular formula is C15H20Cl3FN2O2. The summed E-state index contributed by atoms with van der Waals surface area (Å²) in [6.45, 7) is 2.90. The molecule has 0 aliphatic heterocycles. The molecule has 8 heteroatoms. The van der Waals surface area contributed by atoms with Crippen molar-refractivity contribution in [3.63, 3.8) is 0 Å². The summed E-state index contributed by atoms with van der Waals surface area (Å²) in [5.74, 6) is 1.02. The topological polar surface area (TPSA) is 57.4 Å². The molecule has 1 heterocycles. The first-order chi connectivity index (χ1) is 10.2. The van der Waals surface area contributed by atoms with Gasteiger partial charge in [0.15, 0.2) is 0 Å². The maximum absolute atomic E-state index is 13.1. The van der Waals surface area contributed by atoms with Gasteiger partial charge in [0, 0.05) is 25.2 Å². The highest BCUT2D eigenvalue weighted by molar-refractivity contribution is 6.31. The van der Waals surface area contributed by atoms with Gasteiger partial charge in [-0.1, -0.05) is 11.6 Å². The van der Waals surface area contributed by atoms with Crippen molar-refractivity contribution in [1.82, 2.24) is 10.6 Å². The fourth-order valence-electron chi connectivity index (χ4n) is 1.87. The van der Waals surface area contributed by atoms with Crippen molar-refractivity contribution in [2.45, 2.75) is 6.54 Å². The van der Waals surface area contributed by atoms with Gasteiger partial charge in [-0.2, -0.15) is 0 Å². The number of furan rings is 1. The third-order valence-corrected chi connectivity index (χ3v) is 3.22. The fraction of sp³-hybridized carbons (Fsp3) is 0.333. The summed E-state index contributed by atoms with van der Waals surface area (Å²) in [6.07, 6.45) is 0. The highest BCUT2D eigenvalue weighted by atomic mass is 35.5. The first kappa shape index (κ1) is 22.2. The number of hydrogen-bond acceptors (Lipinski definition) is 4. The van der Waals surface area contributed by atoms with E-state index in [1.54, 1.807) is 12.1 Å². The molecule has 0 fully saturated rings. The third-order valence-electron chi connectivity index (χ3n) is 2.93. The van der Waals surface area contributed by atoms with Gasteiger partial charge in [0.25, 0.3) is 0 Å². The van der Waals surface area contributed by atoms with Crippen LogP contribution in [0, 0.1) is 5.82 Å². The second kappa shape index (κ2) is 11.7. The Balaban J connectivity index is 0.00000242. The van der Waals surface area contributed by atoms with Gasteiger partial charge in [0.1, 0.15) is 17.3 Å². The molecule has 0 aliphatic rings. The number of rotatable bonds is 8. The summed E-state index contributed by atoms with van der Waals surface area (Å²) in [5, 5.41) is 15.0. The summed E-state index contributed by atoms with van der Waals surface area (Å²) in [7, 11) is 0. The lowest BCUT2D eigenvalue weighted by Gasteiger charge is -2.04. The number of nitrogens with one attached hydrogen (secondary N) is 2. The van der Waals surface area contributed by atoms with Crippen molar-refractivity contribution in [3.05, 3.63) is 46.9 Å². The molecule has 4 nitrogen and oxygen atoms in total. The largest absolute Gasteiger partial charge is 0.460 e. The van der Waals surface area contributed by atoms with Crippen LogP contribution in [-0.4, -0.2) is 31.3 Å². The van der Waals surface area contributed by atoms with Crippen molar-refractivity contribution >= 4 is 36.4 Å². The van der Waals surface area contributed by atoms with Gasteiger partial charge in [0.05, 0.1) is 18.2 Å². The van der Waals surface area contributed by atoms with Crippen LogP contribution in [0.5, 0.6) is 0 Å². The molecule has 0 saturated carbocycles. The van der Waals surface area contributed by atoms with Crippen LogP contribution in [0.25, 0.3) is 11.3 Å². The summed E-state index contributed by atoms with van der Waals surface area (Å²) >= 11 is 5.76. The second-order valence-corrected chi connectivity index (χ2v) is 4.95. The minimum Gasteiger partial charge on any atom is -0.460 e. The molecule has 1 aromatic carbocycles. The molecule has 1 aromatic heterocycles. The van der Waals surface area contributed by atoms with E-state index < -0.39 is 5.82 Å². The van der Waals surface area contributed by atoms with Crippen LogP contribution in [0.2, 0.25) is 5.02 Å².